The lowest BCUT2D eigenvalue weighted by Gasteiger charge is -2.40. The van der Waals surface area contributed by atoms with Gasteiger partial charge in [0.25, 0.3) is 0 Å². The highest BCUT2D eigenvalue weighted by molar-refractivity contribution is 5.48. The summed E-state index contributed by atoms with van der Waals surface area (Å²) in [4.78, 5) is 0. The first-order chi connectivity index (χ1) is 10.6. The predicted octanol–water partition coefficient (Wildman–Crippen LogP) is 6.44. The Balaban J connectivity index is 1.74. The van der Waals surface area contributed by atoms with Crippen molar-refractivity contribution in [2.75, 3.05) is 0 Å². The Hall–Kier alpha value is -1.30. The average molecular weight is 292 g/mol. The summed E-state index contributed by atoms with van der Waals surface area (Å²) in [7, 11) is 0. The maximum absolute atomic E-state index is 2.53. The Morgan fingerprint density at radius 1 is 0.682 bits per heavy atom. The van der Waals surface area contributed by atoms with Crippen molar-refractivity contribution < 1.29 is 0 Å². The predicted molar refractivity (Wildman–Crippen MR) is 94.6 cm³/mol. The van der Waals surface area contributed by atoms with Gasteiger partial charge >= 0.3 is 0 Å². The summed E-state index contributed by atoms with van der Waals surface area (Å²) in [5.74, 6) is 0. The van der Waals surface area contributed by atoms with Gasteiger partial charge in [0.15, 0.2) is 0 Å². The average Bonchev–Trinajstić information content (AvgIpc) is 2.53. The maximum Gasteiger partial charge on any atom is -0.00692 e. The summed E-state index contributed by atoms with van der Waals surface area (Å²) >= 11 is 0. The van der Waals surface area contributed by atoms with Gasteiger partial charge < -0.3 is 0 Å². The fourth-order valence-electron chi connectivity index (χ4n) is 4.75. The van der Waals surface area contributed by atoms with Crippen LogP contribution >= 0.6 is 0 Å². The zero-order valence-electron chi connectivity index (χ0n) is 14.1. The van der Waals surface area contributed by atoms with Crippen molar-refractivity contribution in [2.45, 2.75) is 65.2 Å². The van der Waals surface area contributed by atoms with Gasteiger partial charge in [-0.05, 0) is 84.5 Å². The molecule has 0 N–H and O–H groups in total. The summed E-state index contributed by atoms with van der Waals surface area (Å²) in [5, 5.41) is 0. The van der Waals surface area contributed by atoms with E-state index in [0.717, 1.165) is 0 Å². The highest BCUT2D eigenvalue weighted by Gasteiger charge is 2.35. The molecule has 0 nitrogen and oxygen atoms in total. The number of rotatable bonds is 0. The van der Waals surface area contributed by atoms with Gasteiger partial charge in [0.05, 0.1) is 0 Å². The van der Waals surface area contributed by atoms with Gasteiger partial charge in [0.2, 0.25) is 0 Å². The van der Waals surface area contributed by atoms with Crippen LogP contribution < -0.4 is 0 Å². The Morgan fingerprint density at radius 3 is 1.59 bits per heavy atom. The van der Waals surface area contributed by atoms with E-state index in [-0.39, 0.29) is 0 Å². The van der Waals surface area contributed by atoms with Crippen molar-refractivity contribution in [2.24, 2.45) is 10.8 Å². The zero-order chi connectivity index (χ0) is 15.2. The molecule has 116 valence electrons. The second-order valence-corrected chi connectivity index (χ2v) is 8.25. The van der Waals surface area contributed by atoms with Crippen LogP contribution in [0.4, 0.5) is 0 Å². The van der Waals surface area contributed by atoms with E-state index in [1.165, 1.54) is 51.4 Å². The molecule has 0 aromatic carbocycles. The molecule has 0 amide bonds. The Morgan fingerprint density at radius 2 is 1.14 bits per heavy atom. The van der Waals surface area contributed by atoms with Gasteiger partial charge in [-0.1, -0.05) is 50.3 Å². The van der Waals surface area contributed by atoms with Crippen molar-refractivity contribution in [3.05, 3.63) is 58.7 Å². The van der Waals surface area contributed by atoms with Gasteiger partial charge in [-0.2, -0.15) is 0 Å². The van der Waals surface area contributed by atoms with E-state index < -0.39 is 0 Å². The largest absolute Gasteiger partial charge is 0.0842 e. The summed E-state index contributed by atoms with van der Waals surface area (Å²) in [6.45, 7) is 4.92. The van der Waals surface area contributed by atoms with Gasteiger partial charge in [0, 0.05) is 0 Å². The standard InChI is InChI=1S/C22H28/c1-21-11-5-3-7-19(21)15-17(9-13-21)18-10-14-22(2)12-6-4-8-20(22)16-18/h3-4,7-8,15-16H,5-6,9-14H2,1-2H3/b18-17+/t21-,22-/m0/s1. The van der Waals surface area contributed by atoms with Crippen LogP contribution in [0.5, 0.6) is 0 Å². The maximum atomic E-state index is 2.53. The summed E-state index contributed by atoms with van der Waals surface area (Å²) in [5.41, 5.74) is 7.29. The van der Waals surface area contributed by atoms with Crippen LogP contribution in [0.1, 0.15) is 65.2 Å². The zero-order valence-corrected chi connectivity index (χ0v) is 14.1. The first-order valence-corrected chi connectivity index (χ1v) is 9.09. The smallest absolute Gasteiger partial charge is 0.00692 e. The molecule has 0 heterocycles. The summed E-state index contributed by atoms with van der Waals surface area (Å²) < 4.78 is 0. The molecule has 0 aromatic rings. The third kappa shape index (κ3) is 2.28. The van der Waals surface area contributed by atoms with Crippen LogP contribution in [0.15, 0.2) is 58.7 Å². The molecule has 0 heteroatoms. The fraction of sp³-hybridized carbons (Fsp3) is 0.545. The summed E-state index contributed by atoms with van der Waals surface area (Å²) in [6.07, 6.45) is 25.0. The highest BCUT2D eigenvalue weighted by atomic mass is 14.4. The van der Waals surface area contributed by atoms with Crippen LogP contribution in [0.3, 0.4) is 0 Å². The SMILES string of the molecule is C[C@@]12CCC=CC1=C/C(=C1/C=C3C=CCC[C@@]3(C)CC1)CC2. The fourth-order valence-corrected chi connectivity index (χ4v) is 4.75. The van der Waals surface area contributed by atoms with Crippen LogP contribution in [-0.2, 0) is 0 Å². The lowest BCUT2D eigenvalue weighted by molar-refractivity contribution is 0.322. The van der Waals surface area contributed by atoms with Gasteiger partial charge in [0.1, 0.15) is 0 Å². The molecule has 4 aliphatic carbocycles. The van der Waals surface area contributed by atoms with Gasteiger partial charge in [-0.15, -0.1) is 0 Å². The number of allylic oxidation sites excluding steroid dienone is 10. The number of hydrogen-bond acceptors (Lipinski definition) is 0. The first kappa shape index (κ1) is 14.3. The van der Waals surface area contributed by atoms with Crippen LogP contribution in [-0.4, -0.2) is 0 Å². The molecule has 4 rings (SSSR count). The molecule has 0 spiro atoms. The van der Waals surface area contributed by atoms with E-state index >= 15 is 0 Å². The van der Waals surface area contributed by atoms with Crippen molar-refractivity contribution in [1.29, 1.82) is 0 Å². The van der Waals surface area contributed by atoms with Crippen molar-refractivity contribution in [3.8, 4) is 0 Å². The minimum atomic E-state index is 0.444. The third-order valence-corrected chi connectivity index (χ3v) is 6.68. The Bertz CT molecular complexity index is 581. The van der Waals surface area contributed by atoms with E-state index in [2.05, 4.69) is 50.3 Å². The topological polar surface area (TPSA) is 0 Å². The molecule has 0 fully saturated rings. The molecule has 22 heavy (non-hydrogen) atoms. The molecular formula is C22H28. The van der Waals surface area contributed by atoms with Crippen molar-refractivity contribution >= 4 is 0 Å². The van der Waals surface area contributed by atoms with E-state index in [9.17, 15) is 0 Å². The first-order valence-electron chi connectivity index (χ1n) is 9.09. The Kier molecular flexibility index (Phi) is 3.33. The molecule has 2 atom stereocenters. The molecular weight excluding hydrogens is 264 g/mol. The molecule has 0 aliphatic heterocycles. The molecule has 0 aromatic heterocycles. The van der Waals surface area contributed by atoms with Crippen LogP contribution in [0, 0.1) is 10.8 Å². The van der Waals surface area contributed by atoms with Crippen LogP contribution in [0.2, 0.25) is 0 Å². The van der Waals surface area contributed by atoms with E-state index in [0.29, 0.717) is 10.8 Å². The number of fused-ring (bicyclic) bond motifs is 2. The van der Waals surface area contributed by atoms with Gasteiger partial charge in [-0.25, -0.2) is 0 Å². The monoisotopic (exact) mass is 292 g/mol. The molecule has 0 radical (unpaired) electrons. The van der Waals surface area contributed by atoms with Gasteiger partial charge in [-0.3, -0.25) is 0 Å². The minimum Gasteiger partial charge on any atom is -0.0842 e. The van der Waals surface area contributed by atoms with E-state index in [4.69, 9.17) is 0 Å². The minimum absolute atomic E-state index is 0.444. The van der Waals surface area contributed by atoms with Crippen LogP contribution in [0.25, 0.3) is 0 Å². The number of hydrogen-bond donors (Lipinski definition) is 0. The molecule has 0 bridgehead atoms. The third-order valence-electron chi connectivity index (χ3n) is 6.68. The second-order valence-electron chi connectivity index (χ2n) is 8.25. The molecule has 0 saturated carbocycles. The second kappa shape index (κ2) is 5.11. The summed E-state index contributed by atoms with van der Waals surface area (Å²) in [6, 6.07) is 0. The molecule has 0 unspecified atom stereocenters. The van der Waals surface area contributed by atoms with Crippen molar-refractivity contribution in [1.82, 2.24) is 0 Å². The van der Waals surface area contributed by atoms with E-state index in [1.54, 1.807) is 22.3 Å². The Labute approximate surface area is 135 Å². The highest BCUT2D eigenvalue weighted by Crippen LogP contribution is 2.49. The molecule has 4 aliphatic rings. The molecule has 0 saturated heterocycles. The normalized spacial score (nSPS) is 40.6. The lowest BCUT2D eigenvalue weighted by atomic mass is 9.65. The van der Waals surface area contributed by atoms with Crippen molar-refractivity contribution in [3.63, 3.8) is 0 Å². The lowest BCUT2D eigenvalue weighted by Crippen LogP contribution is -2.26. The quantitative estimate of drug-likeness (QED) is 0.482. The van der Waals surface area contributed by atoms with E-state index in [1.807, 2.05) is 0 Å².